The van der Waals surface area contributed by atoms with Gasteiger partial charge in [-0.25, -0.2) is 14.7 Å². The Morgan fingerprint density at radius 2 is 1.73 bits per heavy atom. The second kappa shape index (κ2) is 9.06. The van der Waals surface area contributed by atoms with Crippen molar-refractivity contribution in [2.75, 3.05) is 17.3 Å². The summed E-state index contributed by atoms with van der Waals surface area (Å²) in [6.07, 6.45) is 5.90. The van der Waals surface area contributed by atoms with E-state index >= 15 is 0 Å². The summed E-state index contributed by atoms with van der Waals surface area (Å²) in [5.74, 6) is 0.981. The van der Waals surface area contributed by atoms with Crippen LogP contribution in [0.25, 0.3) is 10.9 Å². The van der Waals surface area contributed by atoms with Crippen LogP contribution in [0.4, 0.5) is 22.2 Å². The lowest BCUT2D eigenvalue weighted by Crippen LogP contribution is -2.36. The number of amides is 2. The Kier molecular flexibility index (Phi) is 6.25. The van der Waals surface area contributed by atoms with Gasteiger partial charge in [-0.05, 0) is 43.2 Å². The molecule has 3 aromatic rings. The molecule has 1 aromatic heterocycles. The fourth-order valence-electron chi connectivity index (χ4n) is 3.82. The Morgan fingerprint density at radius 1 is 1.03 bits per heavy atom. The first kappa shape index (κ1) is 20.7. The summed E-state index contributed by atoms with van der Waals surface area (Å²) in [5.41, 5.74) is 1.24. The molecule has 0 saturated heterocycles. The molecule has 1 aliphatic carbocycles. The van der Waals surface area contributed by atoms with Crippen molar-refractivity contribution in [1.29, 1.82) is 0 Å². The molecule has 2 N–H and O–H groups in total. The second-order valence-electron chi connectivity index (χ2n) is 7.39. The number of aromatic nitrogens is 2. The van der Waals surface area contributed by atoms with Gasteiger partial charge in [0.15, 0.2) is 0 Å². The van der Waals surface area contributed by atoms with Crippen molar-refractivity contribution >= 4 is 57.6 Å². The molecule has 8 heteroatoms. The van der Waals surface area contributed by atoms with Crippen LogP contribution in [0.5, 0.6) is 0 Å². The van der Waals surface area contributed by atoms with Gasteiger partial charge in [0.2, 0.25) is 5.95 Å². The van der Waals surface area contributed by atoms with Crippen LogP contribution in [-0.4, -0.2) is 29.1 Å². The van der Waals surface area contributed by atoms with Gasteiger partial charge in [0.25, 0.3) is 0 Å². The molecule has 2 aromatic carbocycles. The number of rotatable bonds is 4. The Bertz CT molecular complexity index is 1050. The second-order valence-corrected chi connectivity index (χ2v) is 8.26. The predicted molar refractivity (Wildman–Crippen MR) is 123 cm³/mol. The van der Waals surface area contributed by atoms with Crippen LogP contribution in [0, 0.1) is 0 Å². The van der Waals surface area contributed by atoms with E-state index in [1.54, 1.807) is 25.2 Å². The number of anilines is 3. The van der Waals surface area contributed by atoms with Crippen LogP contribution in [-0.2, 0) is 0 Å². The van der Waals surface area contributed by atoms with Crippen molar-refractivity contribution in [1.82, 2.24) is 15.3 Å². The number of carbonyl (C=O) groups excluding carboxylic acids is 1. The van der Waals surface area contributed by atoms with E-state index in [2.05, 4.69) is 15.6 Å². The molecule has 1 aliphatic rings. The Hall–Kier alpha value is -2.57. The van der Waals surface area contributed by atoms with Crippen LogP contribution in [0.1, 0.15) is 32.1 Å². The fraction of sp³-hybridized carbons (Fsp3) is 0.318. The summed E-state index contributed by atoms with van der Waals surface area (Å²) < 4.78 is 0. The third kappa shape index (κ3) is 4.45. The molecule has 156 valence electrons. The zero-order valence-electron chi connectivity index (χ0n) is 16.7. The number of fused-ring (bicyclic) bond motifs is 1. The summed E-state index contributed by atoms with van der Waals surface area (Å²) in [6.45, 7) is 0. The summed E-state index contributed by atoms with van der Waals surface area (Å²) in [4.78, 5) is 23.6. The molecule has 0 spiro atoms. The first-order valence-electron chi connectivity index (χ1n) is 10.1. The summed E-state index contributed by atoms with van der Waals surface area (Å²) in [7, 11) is 1.56. The average molecular weight is 444 g/mol. The number of urea groups is 1. The minimum atomic E-state index is -0.382. The first-order valence-corrected chi connectivity index (χ1v) is 10.8. The molecule has 2 amide bonds. The molecule has 0 bridgehead atoms. The third-order valence-electron chi connectivity index (χ3n) is 5.26. The smallest absolute Gasteiger partial charge is 0.328 e. The lowest BCUT2D eigenvalue weighted by molar-refractivity contribution is 0.250. The highest BCUT2D eigenvalue weighted by Crippen LogP contribution is 2.32. The molecule has 1 fully saturated rings. The number of nitrogens with one attached hydrogen (secondary N) is 2. The number of halogens is 2. The predicted octanol–water partition coefficient (Wildman–Crippen LogP) is 6.16. The number of para-hydroxylation sites is 1. The van der Waals surface area contributed by atoms with Gasteiger partial charge in [0.1, 0.15) is 5.82 Å². The topological polar surface area (TPSA) is 70.2 Å². The lowest BCUT2D eigenvalue weighted by atomic mass is 9.95. The monoisotopic (exact) mass is 443 g/mol. The summed E-state index contributed by atoms with van der Waals surface area (Å²) >= 11 is 12.4. The molecule has 0 unspecified atom stereocenters. The largest absolute Gasteiger partial charge is 0.367 e. The standard InChI is InChI=1S/C22H23Cl2N5O/c1-25-22(30)29(17-12-14(23)11-15(24)13-17)21-27-19-10-6-5-9-18(19)20(28-21)26-16-7-3-2-4-8-16/h5-6,9-13,16H,2-4,7-8H2,1H3,(H,25,30)(H,26,27,28). The number of hydrogen-bond acceptors (Lipinski definition) is 4. The zero-order valence-corrected chi connectivity index (χ0v) is 18.2. The van der Waals surface area contributed by atoms with Gasteiger partial charge in [0.05, 0.1) is 11.2 Å². The molecule has 1 heterocycles. The van der Waals surface area contributed by atoms with Gasteiger partial charge in [-0.1, -0.05) is 54.6 Å². The Morgan fingerprint density at radius 3 is 2.43 bits per heavy atom. The molecule has 0 atom stereocenters. The molecular weight excluding hydrogens is 421 g/mol. The lowest BCUT2D eigenvalue weighted by Gasteiger charge is -2.26. The van der Waals surface area contributed by atoms with E-state index in [0.29, 0.717) is 21.8 Å². The molecule has 0 aliphatic heterocycles. The van der Waals surface area contributed by atoms with Crippen molar-refractivity contribution in [3.8, 4) is 0 Å². The van der Waals surface area contributed by atoms with Crippen molar-refractivity contribution < 1.29 is 4.79 Å². The Labute approximate surface area is 185 Å². The van der Waals surface area contributed by atoms with Gasteiger partial charge < -0.3 is 10.6 Å². The van der Waals surface area contributed by atoms with Crippen molar-refractivity contribution in [3.05, 3.63) is 52.5 Å². The van der Waals surface area contributed by atoms with Crippen LogP contribution in [0.15, 0.2) is 42.5 Å². The van der Waals surface area contributed by atoms with Gasteiger partial charge in [-0.2, -0.15) is 4.98 Å². The van der Waals surface area contributed by atoms with E-state index < -0.39 is 0 Å². The highest BCUT2D eigenvalue weighted by atomic mass is 35.5. The van der Waals surface area contributed by atoms with Crippen molar-refractivity contribution in [3.63, 3.8) is 0 Å². The minimum absolute atomic E-state index is 0.254. The van der Waals surface area contributed by atoms with E-state index in [1.165, 1.54) is 24.2 Å². The third-order valence-corrected chi connectivity index (χ3v) is 5.70. The van der Waals surface area contributed by atoms with E-state index in [9.17, 15) is 4.79 Å². The number of carbonyl (C=O) groups is 1. The van der Waals surface area contributed by atoms with Gasteiger partial charge in [-0.3, -0.25) is 0 Å². The van der Waals surface area contributed by atoms with Gasteiger partial charge >= 0.3 is 6.03 Å². The quantitative estimate of drug-likeness (QED) is 0.506. The van der Waals surface area contributed by atoms with Crippen LogP contribution in [0.3, 0.4) is 0 Å². The minimum Gasteiger partial charge on any atom is -0.367 e. The number of hydrogen-bond donors (Lipinski definition) is 2. The van der Waals surface area contributed by atoms with E-state index in [0.717, 1.165) is 29.6 Å². The zero-order chi connectivity index (χ0) is 21.1. The highest BCUT2D eigenvalue weighted by Gasteiger charge is 2.23. The van der Waals surface area contributed by atoms with Crippen LogP contribution < -0.4 is 15.5 Å². The van der Waals surface area contributed by atoms with Crippen molar-refractivity contribution in [2.24, 2.45) is 0 Å². The SMILES string of the molecule is CNC(=O)N(c1cc(Cl)cc(Cl)c1)c1nc(NC2CCCCC2)c2ccccc2n1. The maximum Gasteiger partial charge on any atom is 0.328 e. The maximum atomic E-state index is 12.8. The van der Waals surface area contributed by atoms with E-state index in [1.807, 2.05) is 24.3 Å². The fourth-order valence-corrected chi connectivity index (χ4v) is 4.33. The summed E-state index contributed by atoms with van der Waals surface area (Å²) in [6, 6.07) is 12.7. The molecule has 4 rings (SSSR count). The Balaban J connectivity index is 1.83. The van der Waals surface area contributed by atoms with E-state index in [-0.39, 0.29) is 12.0 Å². The molecule has 0 radical (unpaired) electrons. The van der Waals surface area contributed by atoms with Crippen LogP contribution >= 0.6 is 23.2 Å². The summed E-state index contributed by atoms with van der Waals surface area (Å²) in [5, 5.41) is 8.01. The maximum absolute atomic E-state index is 12.8. The average Bonchev–Trinajstić information content (AvgIpc) is 2.74. The van der Waals surface area contributed by atoms with Gasteiger partial charge in [0, 0.05) is 28.5 Å². The molecule has 1 saturated carbocycles. The molecule has 6 nitrogen and oxygen atoms in total. The normalized spacial score (nSPS) is 14.5. The highest BCUT2D eigenvalue weighted by molar-refractivity contribution is 6.35. The van der Waals surface area contributed by atoms with E-state index in [4.69, 9.17) is 28.2 Å². The first-order chi connectivity index (χ1) is 14.5. The van der Waals surface area contributed by atoms with Crippen LogP contribution in [0.2, 0.25) is 10.0 Å². The van der Waals surface area contributed by atoms with Gasteiger partial charge in [-0.15, -0.1) is 0 Å². The number of nitrogens with zero attached hydrogens (tertiary/aromatic N) is 3. The molecule has 30 heavy (non-hydrogen) atoms. The molecular formula is C22H23Cl2N5O. The van der Waals surface area contributed by atoms with Crippen molar-refractivity contribution in [2.45, 2.75) is 38.1 Å². The number of benzene rings is 2.